The van der Waals surface area contributed by atoms with Gasteiger partial charge in [0.15, 0.2) is 5.84 Å². The number of hydrogen-bond acceptors (Lipinski definition) is 3. The van der Waals surface area contributed by atoms with E-state index in [0.29, 0.717) is 18.8 Å². The smallest absolute Gasteiger partial charge is 0.234 e. The predicted octanol–water partition coefficient (Wildman–Crippen LogP) is 1.84. The molecule has 0 heterocycles. The van der Waals surface area contributed by atoms with Crippen LogP contribution in [0, 0.1) is 11.3 Å². The van der Waals surface area contributed by atoms with Crippen molar-refractivity contribution in [3.05, 3.63) is 0 Å². The molecule has 18 heavy (non-hydrogen) atoms. The normalized spacial score (nSPS) is 21.7. The number of nitrogens with zero attached hydrogens (tertiary/aromatic N) is 1. The zero-order valence-corrected chi connectivity index (χ0v) is 11.6. The number of hydrogen-bond donors (Lipinski definition) is 3. The molecule has 1 saturated carbocycles. The van der Waals surface area contributed by atoms with Crippen molar-refractivity contribution in [2.45, 2.75) is 58.9 Å². The number of nitrogens with one attached hydrogen (secondary N) is 1. The third kappa shape index (κ3) is 2.94. The summed E-state index contributed by atoms with van der Waals surface area (Å²) in [6, 6.07) is 0.0859. The molecule has 1 fully saturated rings. The first kappa shape index (κ1) is 14.8. The molecule has 0 aliphatic heterocycles. The van der Waals surface area contributed by atoms with E-state index < -0.39 is 5.41 Å². The third-order valence-electron chi connectivity index (χ3n) is 4.10. The van der Waals surface area contributed by atoms with Crippen LogP contribution in [0.15, 0.2) is 5.16 Å². The Bertz CT molecular complexity index is 320. The summed E-state index contributed by atoms with van der Waals surface area (Å²) >= 11 is 0. The molecule has 0 spiro atoms. The number of carbonyl (C=O) groups is 1. The molecular formula is C13H25N3O2. The zero-order chi connectivity index (χ0) is 13.8. The summed E-state index contributed by atoms with van der Waals surface area (Å²) in [5.74, 6) is 0.316. The molecule has 104 valence electrons. The van der Waals surface area contributed by atoms with Gasteiger partial charge in [-0.25, -0.2) is 0 Å². The number of amides is 1. The van der Waals surface area contributed by atoms with E-state index in [1.165, 1.54) is 0 Å². The molecule has 0 bridgehead atoms. The Labute approximate surface area is 109 Å². The van der Waals surface area contributed by atoms with Gasteiger partial charge in [0.05, 0.1) is 0 Å². The van der Waals surface area contributed by atoms with Crippen molar-refractivity contribution in [2.75, 3.05) is 0 Å². The molecule has 0 aromatic carbocycles. The van der Waals surface area contributed by atoms with Crippen LogP contribution < -0.4 is 11.1 Å². The van der Waals surface area contributed by atoms with Crippen molar-refractivity contribution in [2.24, 2.45) is 22.2 Å². The van der Waals surface area contributed by atoms with Crippen molar-refractivity contribution < 1.29 is 10.0 Å². The van der Waals surface area contributed by atoms with Gasteiger partial charge >= 0.3 is 0 Å². The fourth-order valence-electron chi connectivity index (χ4n) is 2.36. The molecule has 0 saturated heterocycles. The Hall–Kier alpha value is -1.26. The Morgan fingerprint density at radius 3 is 2.28 bits per heavy atom. The standard InChI is InChI=1S/C13H25N3O2/c1-9(2)10(3)15-12(17)13(11(14)16-18)7-5-4-6-8-13/h9-10,18H,4-8H2,1-3H3,(H2,14,16)(H,15,17). The maximum Gasteiger partial charge on any atom is 0.234 e. The van der Waals surface area contributed by atoms with Gasteiger partial charge < -0.3 is 16.3 Å². The van der Waals surface area contributed by atoms with Gasteiger partial charge in [0.25, 0.3) is 0 Å². The first-order chi connectivity index (χ1) is 8.44. The maximum absolute atomic E-state index is 12.5. The second kappa shape index (κ2) is 6.07. The van der Waals surface area contributed by atoms with E-state index in [1.807, 2.05) is 6.92 Å². The first-order valence-corrected chi connectivity index (χ1v) is 6.73. The molecule has 0 aromatic rings. The molecule has 1 rings (SSSR count). The van der Waals surface area contributed by atoms with E-state index in [-0.39, 0.29) is 17.8 Å². The highest BCUT2D eigenvalue weighted by Crippen LogP contribution is 2.37. The lowest BCUT2D eigenvalue weighted by atomic mass is 9.72. The maximum atomic E-state index is 12.5. The Balaban J connectivity index is 2.87. The fourth-order valence-corrected chi connectivity index (χ4v) is 2.36. The van der Waals surface area contributed by atoms with Crippen molar-refractivity contribution >= 4 is 11.7 Å². The van der Waals surface area contributed by atoms with Crippen LogP contribution in [-0.2, 0) is 4.79 Å². The van der Waals surface area contributed by atoms with Gasteiger partial charge in [-0.2, -0.15) is 0 Å². The molecule has 1 amide bonds. The zero-order valence-electron chi connectivity index (χ0n) is 11.6. The number of nitrogens with two attached hydrogens (primary N) is 1. The summed E-state index contributed by atoms with van der Waals surface area (Å²) in [6.45, 7) is 6.09. The SMILES string of the molecule is CC(C)C(C)NC(=O)C1(C(N)=NO)CCCCC1. The van der Waals surface area contributed by atoms with Crippen LogP contribution in [0.3, 0.4) is 0 Å². The van der Waals surface area contributed by atoms with E-state index in [2.05, 4.69) is 24.3 Å². The second-order valence-corrected chi connectivity index (χ2v) is 5.63. The Morgan fingerprint density at radius 1 is 1.28 bits per heavy atom. The summed E-state index contributed by atoms with van der Waals surface area (Å²) in [7, 11) is 0. The van der Waals surface area contributed by atoms with Crippen molar-refractivity contribution in [3.8, 4) is 0 Å². The third-order valence-corrected chi connectivity index (χ3v) is 4.10. The van der Waals surface area contributed by atoms with Gasteiger partial charge in [-0.1, -0.05) is 38.3 Å². The lowest BCUT2D eigenvalue weighted by Gasteiger charge is -2.35. The number of amidine groups is 1. The van der Waals surface area contributed by atoms with E-state index in [9.17, 15) is 4.79 Å². The van der Waals surface area contributed by atoms with Crippen LogP contribution in [0.1, 0.15) is 52.9 Å². The van der Waals surface area contributed by atoms with Crippen LogP contribution in [0.25, 0.3) is 0 Å². The molecule has 1 atom stereocenters. The van der Waals surface area contributed by atoms with Crippen molar-refractivity contribution in [1.29, 1.82) is 0 Å². The highest BCUT2D eigenvalue weighted by molar-refractivity contribution is 6.06. The minimum absolute atomic E-state index is 0.0515. The largest absolute Gasteiger partial charge is 0.409 e. The van der Waals surface area contributed by atoms with Gasteiger partial charge in [-0.3, -0.25) is 4.79 Å². The van der Waals surface area contributed by atoms with Crippen molar-refractivity contribution in [3.63, 3.8) is 0 Å². The molecule has 1 unspecified atom stereocenters. The van der Waals surface area contributed by atoms with Crippen LogP contribution in [-0.4, -0.2) is 23.0 Å². The van der Waals surface area contributed by atoms with Gasteiger partial charge in [-0.15, -0.1) is 0 Å². The fraction of sp³-hybridized carbons (Fsp3) is 0.846. The Morgan fingerprint density at radius 2 is 1.83 bits per heavy atom. The van der Waals surface area contributed by atoms with Crippen molar-refractivity contribution in [1.82, 2.24) is 5.32 Å². The van der Waals surface area contributed by atoms with E-state index >= 15 is 0 Å². The summed E-state index contributed by atoms with van der Waals surface area (Å²) in [4.78, 5) is 12.5. The molecule has 0 aromatic heterocycles. The molecule has 1 aliphatic rings. The topological polar surface area (TPSA) is 87.7 Å². The van der Waals surface area contributed by atoms with Gasteiger partial charge in [0, 0.05) is 6.04 Å². The average molecular weight is 255 g/mol. The van der Waals surface area contributed by atoms with Crippen LogP contribution in [0.2, 0.25) is 0 Å². The van der Waals surface area contributed by atoms with Crippen LogP contribution in [0.5, 0.6) is 0 Å². The number of carbonyl (C=O) groups excluding carboxylic acids is 1. The monoisotopic (exact) mass is 255 g/mol. The molecular weight excluding hydrogens is 230 g/mol. The Kier molecular flexibility index (Phi) is 4.99. The number of rotatable bonds is 4. The highest BCUT2D eigenvalue weighted by Gasteiger charge is 2.44. The molecule has 0 radical (unpaired) electrons. The molecule has 4 N–H and O–H groups in total. The minimum Gasteiger partial charge on any atom is -0.409 e. The van der Waals surface area contributed by atoms with Gasteiger partial charge in [-0.05, 0) is 25.7 Å². The summed E-state index contributed by atoms with van der Waals surface area (Å²) in [5, 5.41) is 15.0. The molecule has 5 heteroatoms. The first-order valence-electron chi connectivity index (χ1n) is 6.73. The quantitative estimate of drug-likeness (QED) is 0.310. The second-order valence-electron chi connectivity index (χ2n) is 5.63. The van der Waals surface area contributed by atoms with Crippen LogP contribution in [0.4, 0.5) is 0 Å². The van der Waals surface area contributed by atoms with Crippen LogP contribution >= 0.6 is 0 Å². The summed E-state index contributed by atoms with van der Waals surface area (Å²) in [5.41, 5.74) is 4.97. The van der Waals surface area contributed by atoms with E-state index in [0.717, 1.165) is 19.3 Å². The minimum atomic E-state index is -0.809. The highest BCUT2D eigenvalue weighted by atomic mass is 16.4. The average Bonchev–Trinajstić information content (AvgIpc) is 2.38. The van der Waals surface area contributed by atoms with E-state index in [1.54, 1.807) is 0 Å². The van der Waals surface area contributed by atoms with Gasteiger partial charge in [0.2, 0.25) is 5.91 Å². The number of oxime groups is 1. The van der Waals surface area contributed by atoms with E-state index in [4.69, 9.17) is 10.9 Å². The summed E-state index contributed by atoms with van der Waals surface area (Å²) in [6.07, 6.45) is 4.33. The molecule has 5 nitrogen and oxygen atoms in total. The predicted molar refractivity (Wildman–Crippen MR) is 71.4 cm³/mol. The lowest BCUT2D eigenvalue weighted by Crippen LogP contribution is -2.53. The molecule has 1 aliphatic carbocycles. The summed E-state index contributed by atoms with van der Waals surface area (Å²) < 4.78 is 0. The van der Waals surface area contributed by atoms with Gasteiger partial charge in [0.1, 0.15) is 5.41 Å². The lowest BCUT2D eigenvalue weighted by molar-refractivity contribution is -0.130.